The van der Waals surface area contributed by atoms with Crippen molar-refractivity contribution in [2.24, 2.45) is 17.8 Å². The minimum absolute atomic E-state index is 0.204. The Labute approximate surface area is 169 Å². The molecule has 9 heteroatoms. The van der Waals surface area contributed by atoms with Gasteiger partial charge >= 0.3 is 0 Å². The molecular formula is C19H28N6O2S. The maximum atomic E-state index is 6.43. The fraction of sp³-hybridized carbons (Fsp3) is 0.789. The van der Waals surface area contributed by atoms with Crippen LogP contribution in [0.15, 0.2) is 6.20 Å². The molecule has 0 bridgehead atoms. The van der Waals surface area contributed by atoms with E-state index in [2.05, 4.69) is 25.4 Å². The lowest BCUT2D eigenvalue weighted by Crippen LogP contribution is -2.38. The van der Waals surface area contributed by atoms with Crippen LogP contribution in [-0.2, 0) is 16.1 Å². The predicted octanol–water partition coefficient (Wildman–Crippen LogP) is 2.47. The first-order valence-electron chi connectivity index (χ1n) is 10.3. The second kappa shape index (κ2) is 7.68. The number of rotatable bonds is 7. The van der Waals surface area contributed by atoms with E-state index in [9.17, 15) is 0 Å². The number of nitrogens with zero attached hydrogens (tertiary/aromatic N) is 6. The van der Waals surface area contributed by atoms with Crippen LogP contribution in [-0.4, -0.2) is 58.1 Å². The van der Waals surface area contributed by atoms with Crippen molar-refractivity contribution in [2.45, 2.75) is 51.4 Å². The average molecular weight is 405 g/mol. The minimum atomic E-state index is 0.204. The number of aryl methyl sites for hydroxylation is 1. The van der Waals surface area contributed by atoms with Crippen LogP contribution in [0.3, 0.4) is 0 Å². The molecule has 0 amide bonds. The predicted molar refractivity (Wildman–Crippen MR) is 105 cm³/mol. The van der Waals surface area contributed by atoms with Gasteiger partial charge in [0.1, 0.15) is 10.7 Å². The highest BCUT2D eigenvalue weighted by Gasteiger charge is 2.45. The Morgan fingerprint density at radius 3 is 2.68 bits per heavy atom. The molecule has 3 aliphatic rings. The van der Waals surface area contributed by atoms with Gasteiger partial charge in [-0.25, -0.2) is 4.68 Å². The SMILES string of the molecule is COCc1cn([C@@H]2C[C@@H]3CN(c4nnc(C)s4)C[C@@H]3C[C@H]2OCC2CC2)nn1. The fourth-order valence-corrected chi connectivity index (χ4v) is 5.36. The summed E-state index contributed by atoms with van der Waals surface area (Å²) in [5.74, 6) is 2.04. The molecule has 2 aromatic heterocycles. The molecule has 8 nitrogen and oxygen atoms in total. The van der Waals surface area contributed by atoms with E-state index < -0.39 is 0 Å². The Morgan fingerprint density at radius 1 is 1.14 bits per heavy atom. The Kier molecular flexibility index (Phi) is 5.06. The lowest BCUT2D eigenvalue weighted by Gasteiger charge is -2.37. The summed E-state index contributed by atoms with van der Waals surface area (Å²) in [4.78, 5) is 2.41. The molecule has 1 aliphatic heterocycles. The molecule has 2 saturated carbocycles. The van der Waals surface area contributed by atoms with Crippen LogP contribution in [0.25, 0.3) is 0 Å². The highest BCUT2D eigenvalue weighted by molar-refractivity contribution is 7.15. The number of hydrogen-bond donors (Lipinski definition) is 0. The summed E-state index contributed by atoms with van der Waals surface area (Å²) in [5, 5.41) is 19.4. The average Bonchev–Trinajstić information content (AvgIpc) is 3.05. The molecule has 0 N–H and O–H groups in total. The standard InChI is InChI=1S/C19H28N6O2S/c1-12-20-22-19(28-12)24-7-14-5-17(25-9-16(11-26-2)21-23-25)18(6-15(14)8-24)27-10-13-3-4-13/h9,13-15,17-18H,3-8,10-11H2,1-2H3/t14-,15+,17-,18-/m1/s1. The van der Waals surface area contributed by atoms with E-state index in [0.717, 1.165) is 54.3 Å². The van der Waals surface area contributed by atoms with E-state index in [1.165, 1.54) is 12.8 Å². The first-order valence-corrected chi connectivity index (χ1v) is 11.1. The summed E-state index contributed by atoms with van der Waals surface area (Å²) in [7, 11) is 1.69. The van der Waals surface area contributed by atoms with E-state index >= 15 is 0 Å². The van der Waals surface area contributed by atoms with E-state index in [-0.39, 0.29) is 12.1 Å². The van der Waals surface area contributed by atoms with E-state index in [0.29, 0.717) is 18.4 Å². The third-order valence-electron chi connectivity index (χ3n) is 6.30. The van der Waals surface area contributed by atoms with Gasteiger partial charge in [-0.05, 0) is 50.4 Å². The van der Waals surface area contributed by atoms with Crippen LogP contribution < -0.4 is 4.90 Å². The van der Waals surface area contributed by atoms with Gasteiger partial charge in [-0.1, -0.05) is 16.6 Å². The highest BCUT2D eigenvalue weighted by Crippen LogP contribution is 2.44. The van der Waals surface area contributed by atoms with Gasteiger partial charge in [-0.15, -0.1) is 15.3 Å². The van der Waals surface area contributed by atoms with Gasteiger partial charge in [-0.3, -0.25) is 0 Å². The van der Waals surface area contributed by atoms with Crippen molar-refractivity contribution in [3.8, 4) is 0 Å². The summed E-state index contributed by atoms with van der Waals surface area (Å²) in [6, 6.07) is 0.245. The van der Waals surface area contributed by atoms with Crippen LogP contribution in [0, 0.1) is 24.7 Å². The summed E-state index contributed by atoms with van der Waals surface area (Å²) in [6.07, 6.45) is 7.02. The minimum Gasteiger partial charge on any atom is -0.378 e. The molecule has 2 aromatic rings. The first kappa shape index (κ1) is 18.4. The Hall–Kier alpha value is -1.58. The van der Waals surface area contributed by atoms with Crippen molar-refractivity contribution in [1.82, 2.24) is 25.2 Å². The topological polar surface area (TPSA) is 78.2 Å². The molecule has 3 fully saturated rings. The van der Waals surface area contributed by atoms with Crippen molar-refractivity contribution < 1.29 is 9.47 Å². The summed E-state index contributed by atoms with van der Waals surface area (Å²) in [6.45, 7) is 5.50. The molecule has 152 valence electrons. The normalized spacial score (nSPS) is 30.0. The van der Waals surface area contributed by atoms with Gasteiger partial charge in [0.2, 0.25) is 5.13 Å². The third kappa shape index (κ3) is 3.79. The number of ether oxygens (including phenoxy) is 2. The second-order valence-corrected chi connectivity index (χ2v) is 9.67. The molecular weight excluding hydrogens is 376 g/mol. The van der Waals surface area contributed by atoms with Gasteiger partial charge in [0.05, 0.1) is 24.9 Å². The second-order valence-electron chi connectivity index (χ2n) is 8.51. The van der Waals surface area contributed by atoms with Gasteiger partial charge in [0.15, 0.2) is 0 Å². The molecule has 0 radical (unpaired) electrons. The molecule has 0 aromatic carbocycles. The van der Waals surface area contributed by atoms with Gasteiger partial charge in [0, 0.05) is 26.8 Å². The lowest BCUT2D eigenvalue weighted by atomic mass is 9.77. The summed E-state index contributed by atoms with van der Waals surface area (Å²) < 4.78 is 13.7. The van der Waals surface area contributed by atoms with E-state index in [4.69, 9.17) is 9.47 Å². The van der Waals surface area contributed by atoms with Crippen LogP contribution in [0.4, 0.5) is 5.13 Å². The quantitative estimate of drug-likeness (QED) is 0.701. The van der Waals surface area contributed by atoms with Crippen LogP contribution in [0.5, 0.6) is 0 Å². The van der Waals surface area contributed by atoms with Gasteiger partial charge < -0.3 is 14.4 Å². The van der Waals surface area contributed by atoms with E-state index in [1.807, 2.05) is 17.8 Å². The van der Waals surface area contributed by atoms with Gasteiger partial charge in [0.25, 0.3) is 0 Å². The molecule has 1 saturated heterocycles. The number of fused-ring (bicyclic) bond motifs is 1. The van der Waals surface area contributed by atoms with Crippen LogP contribution >= 0.6 is 11.3 Å². The summed E-state index contributed by atoms with van der Waals surface area (Å²) in [5.41, 5.74) is 0.878. The molecule has 2 aliphatic carbocycles. The largest absolute Gasteiger partial charge is 0.378 e. The van der Waals surface area contributed by atoms with Crippen molar-refractivity contribution in [3.05, 3.63) is 16.9 Å². The van der Waals surface area contributed by atoms with E-state index in [1.54, 1.807) is 18.4 Å². The van der Waals surface area contributed by atoms with Crippen molar-refractivity contribution >= 4 is 16.5 Å². The monoisotopic (exact) mass is 404 g/mol. The number of aromatic nitrogens is 5. The van der Waals surface area contributed by atoms with Crippen LogP contribution in [0.2, 0.25) is 0 Å². The zero-order chi connectivity index (χ0) is 19.1. The van der Waals surface area contributed by atoms with Crippen molar-refractivity contribution in [1.29, 1.82) is 0 Å². The molecule has 3 heterocycles. The molecule has 28 heavy (non-hydrogen) atoms. The Balaban J connectivity index is 1.33. The maximum absolute atomic E-state index is 6.43. The zero-order valence-electron chi connectivity index (χ0n) is 16.5. The number of anilines is 1. The lowest BCUT2D eigenvalue weighted by molar-refractivity contribution is -0.0375. The zero-order valence-corrected chi connectivity index (χ0v) is 17.3. The Morgan fingerprint density at radius 2 is 1.96 bits per heavy atom. The molecule has 5 rings (SSSR count). The van der Waals surface area contributed by atoms with Crippen molar-refractivity contribution in [2.75, 3.05) is 31.7 Å². The van der Waals surface area contributed by atoms with Crippen molar-refractivity contribution in [3.63, 3.8) is 0 Å². The van der Waals surface area contributed by atoms with Gasteiger partial charge in [-0.2, -0.15) is 0 Å². The summed E-state index contributed by atoms with van der Waals surface area (Å²) >= 11 is 1.69. The smallest absolute Gasteiger partial charge is 0.208 e. The Bertz CT molecular complexity index is 806. The number of methoxy groups -OCH3 is 1. The molecule has 0 spiro atoms. The number of hydrogen-bond acceptors (Lipinski definition) is 8. The molecule has 4 atom stereocenters. The highest BCUT2D eigenvalue weighted by atomic mass is 32.1. The fourth-order valence-electron chi connectivity index (χ4n) is 4.65. The van der Waals surface area contributed by atoms with Crippen LogP contribution in [0.1, 0.15) is 42.4 Å². The molecule has 0 unspecified atom stereocenters. The first-order chi connectivity index (χ1) is 13.7. The maximum Gasteiger partial charge on any atom is 0.208 e. The third-order valence-corrected chi connectivity index (χ3v) is 7.20.